The van der Waals surface area contributed by atoms with Crippen LogP contribution in [-0.4, -0.2) is 9.97 Å². The number of fused-ring (bicyclic) bond motifs is 1. The summed E-state index contributed by atoms with van der Waals surface area (Å²) in [5, 5.41) is 0. The van der Waals surface area contributed by atoms with Crippen LogP contribution >= 0.6 is 0 Å². The van der Waals surface area contributed by atoms with Gasteiger partial charge in [0.1, 0.15) is 5.82 Å². The van der Waals surface area contributed by atoms with Crippen molar-refractivity contribution < 1.29 is 0 Å². The maximum Gasteiger partial charge on any atom is 0.114 e. The maximum atomic E-state index is 4.70. The summed E-state index contributed by atoms with van der Waals surface area (Å²) in [6, 6.07) is 17.1. The van der Waals surface area contributed by atoms with Crippen molar-refractivity contribution in [2.75, 3.05) is 0 Å². The molecule has 3 aromatic rings. The first-order valence-electron chi connectivity index (χ1n) is 7.67. The lowest BCUT2D eigenvalue weighted by molar-refractivity contribution is 0.647. The molecular weight excluding hydrogens is 256 g/mol. The molecule has 2 heteroatoms. The van der Waals surface area contributed by atoms with Gasteiger partial charge in [0, 0.05) is 5.92 Å². The predicted octanol–water partition coefficient (Wildman–Crippen LogP) is 4.91. The van der Waals surface area contributed by atoms with Gasteiger partial charge < -0.3 is 4.98 Å². The molecule has 3 rings (SSSR count). The van der Waals surface area contributed by atoms with Crippen LogP contribution in [0.15, 0.2) is 48.5 Å². The molecule has 21 heavy (non-hydrogen) atoms. The fraction of sp³-hybridized carbons (Fsp3) is 0.316. The van der Waals surface area contributed by atoms with Crippen molar-refractivity contribution in [3.05, 3.63) is 65.5 Å². The monoisotopic (exact) mass is 278 g/mol. The summed E-state index contributed by atoms with van der Waals surface area (Å²) in [7, 11) is 0. The molecule has 0 aliphatic carbocycles. The lowest BCUT2D eigenvalue weighted by Crippen LogP contribution is -1.99. The zero-order chi connectivity index (χ0) is 14.8. The van der Waals surface area contributed by atoms with Gasteiger partial charge in [0.15, 0.2) is 0 Å². The number of H-pyrrole nitrogens is 1. The van der Waals surface area contributed by atoms with E-state index in [-0.39, 0.29) is 5.92 Å². The summed E-state index contributed by atoms with van der Waals surface area (Å²) in [4.78, 5) is 8.13. The van der Waals surface area contributed by atoms with E-state index in [1.54, 1.807) is 0 Å². The van der Waals surface area contributed by atoms with E-state index in [1.807, 2.05) is 18.2 Å². The number of rotatable bonds is 4. The second-order valence-electron chi connectivity index (χ2n) is 6.20. The van der Waals surface area contributed by atoms with E-state index < -0.39 is 0 Å². The van der Waals surface area contributed by atoms with E-state index in [0.717, 1.165) is 23.3 Å². The van der Waals surface area contributed by atoms with Crippen molar-refractivity contribution in [1.29, 1.82) is 0 Å². The Morgan fingerprint density at radius 3 is 2.33 bits per heavy atom. The molecule has 0 bridgehead atoms. The number of para-hydroxylation sites is 2. The molecule has 1 unspecified atom stereocenters. The number of hydrogen-bond acceptors (Lipinski definition) is 1. The summed E-state index contributed by atoms with van der Waals surface area (Å²) in [6.07, 6.45) is 1.14. The topological polar surface area (TPSA) is 28.7 Å². The highest BCUT2D eigenvalue weighted by Crippen LogP contribution is 2.24. The van der Waals surface area contributed by atoms with Gasteiger partial charge in [0.2, 0.25) is 0 Å². The van der Waals surface area contributed by atoms with Crippen molar-refractivity contribution in [2.45, 2.75) is 33.1 Å². The maximum absolute atomic E-state index is 4.70. The van der Waals surface area contributed by atoms with E-state index >= 15 is 0 Å². The number of nitrogens with one attached hydrogen (secondary N) is 1. The zero-order valence-electron chi connectivity index (χ0n) is 12.9. The van der Waals surface area contributed by atoms with E-state index in [4.69, 9.17) is 4.98 Å². The number of nitrogens with zero attached hydrogens (tertiary/aromatic N) is 1. The molecule has 0 fully saturated rings. The minimum absolute atomic E-state index is 0.283. The van der Waals surface area contributed by atoms with Gasteiger partial charge in [0.05, 0.1) is 11.0 Å². The SMILES string of the molecule is CC(C)Cc1ccc(C(C)c2nc3ccccc3[nH]2)cc1. The molecule has 108 valence electrons. The van der Waals surface area contributed by atoms with Gasteiger partial charge in [-0.15, -0.1) is 0 Å². The first-order chi connectivity index (χ1) is 10.1. The van der Waals surface area contributed by atoms with Gasteiger partial charge in [-0.2, -0.15) is 0 Å². The van der Waals surface area contributed by atoms with Gasteiger partial charge in [-0.25, -0.2) is 4.98 Å². The minimum atomic E-state index is 0.283. The van der Waals surface area contributed by atoms with Crippen LogP contribution in [0.1, 0.15) is 43.6 Å². The molecule has 0 aliphatic rings. The summed E-state index contributed by atoms with van der Waals surface area (Å²) in [5.74, 6) is 2.02. The Balaban J connectivity index is 1.85. The Morgan fingerprint density at radius 1 is 0.952 bits per heavy atom. The molecule has 2 aromatic carbocycles. The normalized spacial score (nSPS) is 13.0. The number of benzene rings is 2. The number of hydrogen-bond donors (Lipinski definition) is 1. The fourth-order valence-corrected chi connectivity index (χ4v) is 2.75. The summed E-state index contributed by atoms with van der Waals surface area (Å²) >= 11 is 0. The summed E-state index contributed by atoms with van der Waals surface area (Å²) in [5.41, 5.74) is 4.86. The highest BCUT2D eigenvalue weighted by atomic mass is 14.9. The molecule has 0 radical (unpaired) electrons. The van der Waals surface area contributed by atoms with E-state index in [2.05, 4.69) is 56.1 Å². The van der Waals surface area contributed by atoms with Gasteiger partial charge in [-0.05, 0) is 35.6 Å². The minimum Gasteiger partial charge on any atom is -0.341 e. The number of aromatic amines is 1. The lowest BCUT2D eigenvalue weighted by atomic mass is 9.96. The van der Waals surface area contributed by atoms with E-state index in [1.165, 1.54) is 11.1 Å². The Morgan fingerprint density at radius 2 is 1.67 bits per heavy atom. The standard InChI is InChI=1S/C19H22N2/c1-13(2)12-15-8-10-16(11-9-15)14(3)19-20-17-6-4-5-7-18(17)21-19/h4-11,13-14H,12H2,1-3H3,(H,20,21). The number of imidazole rings is 1. The van der Waals surface area contributed by atoms with Crippen LogP contribution in [0.4, 0.5) is 0 Å². The highest BCUT2D eigenvalue weighted by molar-refractivity contribution is 5.74. The van der Waals surface area contributed by atoms with Gasteiger partial charge in [-0.3, -0.25) is 0 Å². The summed E-state index contributed by atoms with van der Waals surface area (Å²) in [6.45, 7) is 6.71. The van der Waals surface area contributed by atoms with Crippen LogP contribution in [0.2, 0.25) is 0 Å². The van der Waals surface area contributed by atoms with Crippen LogP contribution < -0.4 is 0 Å². The molecule has 1 heterocycles. The third kappa shape index (κ3) is 2.99. The molecule has 1 N–H and O–H groups in total. The smallest absolute Gasteiger partial charge is 0.114 e. The molecule has 0 saturated heterocycles. The van der Waals surface area contributed by atoms with Crippen LogP contribution in [0.5, 0.6) is 0 Å². The Kier molecular flexibility index (Phi) is 3.78. The molecule has 0 spiro atoms. The first-order valence-corrected chi connectivity index (χ1v) is 7.67. The van der Waals surface area contributed by atoms with E-state index in [0.29, 0.717) is 5.92 Å². The van der Waals surface area contributed by atoms with Crippen molar-refractivity contribution in [1.82, 2.24) is 9.97 Å². The van der Waals surface area contributed by atoms with Gasteiger partial charge in [-0.1, -0.05) is 57.2 Å². The van der Waals surface area contributed by atoms with Crippen molar-refractivity contribution in [3.8, 4) is 0 Å². The quantitative estimate of drug-likeness (QED) is 0.721. The van der Waals surface area contributed by atoms with Crippen LogP contribution in [0.3, 0.4) is 0 Å². The lowest BCUT2D eigenvalue weighted by Gasteiger charge is -2.11. The van der Waals surface area contributed by atoms with Crippen LogP contribution in [0.25, 0.3) is 11.0 Å². The van der Waals surface area contributed by atoms with Crippen molar-refractivity contribution >= 4 is 11.0 Å². The van der Waals surface area contributed by atoms with Gasteiger partial charge in [0.25, 0.3) is 0 Å². The fourth-order valence-electron chi connectivity index (χ4n) is 2.75. The average molecular weight is 278 g/mol. The Bertz CT molecular complexity index is 690. The van der Waals surface area contributed by atoms with Gasteiger partial charge >= 0.3 is 0 Å². The number of aromatic nitrogens is 2. The van der Waals surface area contributed by atoms with E-state index in [9.17, 15) is 0 Å². The molecule has 2 nitrogen and oxygen atoms in total. The third-order valence-electron chi connectivity index (χ3n) is 3.94. The molecule has 0 saturated carbocycles. The molecule has 1 aromatic heterocycles. The highest BCUT2D eigenvalue weighted by Gasteiger charge is 2.13. The van der Waals surface area contributed by atoms with Crippen molar-refractivity contribution in [3.63, 3.8) is 0 Å². The first kappa shape index (κ1) is 13.9. The second kappa shape index (κ2) is 5.72. The molecular formula is C19H22N2. The summed E-state index contributed by atoms with van der Waals surface area (Å²) < 4.78 is 0. The second-order valence-corrected chi connectivity index (χ2v) is 6.20. The third-order valence-corrected chi connectivity index (χ3v) is 3.94. The largest absolute Gasteiger partial charge is 0.341 e. The Labute approximate surface area is 126 Å². The molecule has 0 aliphatic heterocycles. The zero-order valence-corrected chi connectivity index (χ0v) is 12.9. The Hall–Kier alpha value is -2.09. The average Bonchev–Trinajstić information content (AvgIpc) is 2.90. The predicted molar refractivity (Wildman–Crippen MR) is 88.6 cm³/mol. The molecule has 0 amide bonds. The van der Waals surface area contributed by atoms with Crippen LogP contribution in [0, 0.1) is 5.92 Å². The molecule has 1 atom stereocenters. The van der Waals surface area contributed by atoms with Crippen molar-refractivity contribution in [2.24, 2.45) is 5.92 Å². The van der Waals surface area contributed by atoms with Crippen LogP contribution in [-0.2, 0) is 6.42 Å².